The summed E-state index contributed by atoms with van der Waals surface area (Å²) in [7, 11) is 0. The molecule has 2 rings (SSSR count). The molecule has 0 radical (unpaired) electrons. The third-order valence-corrected chi connectivity index (χ3v) is 4.40. The molecule has 0 amide bonds. The van der Waals surface area contributed by atoms with Crippen LogP contribution in [0.5, 0.6) is 0 Å². The number of aliphatic hydroxyl groups is 1. The first-order chi connectivity index (χ1) is 8.18. The molecule has 1 unspecified atom stereocenters. The zero-order valence-electron chi connectivity index (χ0n) is 10.4. The van der Waals surface area contributed by atoms with Gasteiger partial charge in [-0.15, -0.1) is 0 Å². The first-order valence-corrected chi connectivity index (χ1v) is 7.43. The third kappa shape index (κ3) is 3.73. The summed E-state index contributed by atoms with van der Waals surface area (Å²) in [6.45, 7) is 2.51. The second-order valence-corrected chi connectivity index (χ2v) is 6.13. The van der Waals surface area contributed by atoms with Crippen LogP contribution in [0.2, 0.25) is 0 Å². The van der Waals surface area contributed by atoms with Crippen LogP contribution in [0, 0.1) is 0 Å². The average molecular weight is 251 g/mol. The van der Waals surface area contributed by atoms with Gasteiger partial charge in [-0.3, -0.25) is 0 Å². The number of hydrogen-bond donors (Lipinski definition) is 2. The maximum atomic E-state index is 10.4. The topological polar surface area (TPSA) is 32.3 Å². The van der Waals surface area contributed by atoms with Gasteiger partial charge in [-0.05, 0) is 36.8 Å². The molecule has 0 spiro atoms. The molecule has 2 nitrogen and oxygen atoms in total. The minimum Gasteiger partial charge on any atom is -0.384 e. The van der Waals surface area contributed by atoms with Gasteiger partial charge in [-0.2, -0.15) is 11.8 Å². The predicted molar refractivity (Wildman–Crippen MR) is 74.4 cm³/mol. The van der Waals surface area contributed by atoms with E-state index in [-0.39, 0.29) is 0 Å². The molecule has 17 heavy (non-hydrogen) atoms. The summed E-state index contributed by atoms with van der Waals surface area (Å²) in [6, 6.07) is 10.5. The van der Waals surface area contributed by atoms with Gasteiger partial charge in [0.05, 0.1) is 5.60 Å². The molecule has 1 atom stereocenters. The fourth-order valence-electron chi connectivity index (χ4n) is 2.14. The van der Waals surface area contributed by atoms with Gasteiger partial charge in [0.25, 0.3) is 0 Å². The lowest BCUT2D eigenvalue weighted by Gasteiger charge is -2.29. The predicted octanol–water partition coefficient (Wildman–Crippen LogP) is 2.38. The van der Waals surface area contributed by atoms with Crippen LogP contribution in [0.15, 0.2) is 30.3 Å². The summed E-state index contributed by atoms with van der Waals surface area (Å²) < 4.78 is 0. The first kappa shape index (κ1) is 12.9. The van der Waals surface area contributed by atoms with Crippen molar-refractivity contribution < 1.29 is 5.11 Å². The van der Waals surface area contributed by atoms with Crippen molar-refractivity contribution >= 4 is 11.8 Å². The van der Waals surface area contributed by atoms with Crippen molar-refractivity contribution in [3.63, 3.8) is 0 Å². The molecule has 1 aliphatic heterocycles. The van der Waals surface area contributed by atoms with Gasteiger partial charge in [0.15, 0.2) is 0 Å². The quantitative estimate of drug-likeness (QED) is 0.862. The molecule has 1 heterocycles. The molecule has 1 aliphatic rings. The highest BCUT2D eigenvalue weighted by atomic mass is 32.2. The van der Waals surface area contributed by atoms with E-state index in [0.717, 1.165) is 5.56 Å². The fraction of sp³-hybridized carbons (Fsp3) is 0.571. The van der Waals surface area contributed by atoms with Gasteiger partial charge in [0.1, 0.15) is 0 Å². The van der Waals surface area contributed by atoms with Crippen molar-refractivity contribution in [1.82, 2.24) is 5.32 Å². The standard InChI is InChI=1S/C14H21NOS/c1-14(16,12-5-3-2-4-6-12)11-15-13-7-9-17-10-8-13/h2-6,13,15-16H,7-11H2,1H3. The maximum Gasteiger partial charge on any atom is 0.0992 e. The lowest BCUT2D eigenvalue weighted by molar-refractivity contribution is 0.0534. The van der Waals surface area contributed by atoms with E-state index in [9.17, 15) is 5.11 Å². The molecule has 1 fully saturated rings. The molecule has 0 aromatic heterocycles. The normalized spacial score (nSPS) is 21.1. The highest BCUT2D eigenvalue weighted by Crippen LogP contribution is 2.21. The van der Waals surface area contributed by atoms with Crippen molar-refractivity contribution in [2.24, 2.45) is 0 Å². The summed E-state index contributed by atoms with van der Waals surface area (Å²) >= 11 is 2.03. The number of thioether (sulfide) groups is 1. The van der Waals surface area contributed by atoms with Crippen molar-refractivity contribution in [3.05, 3.63) is 35.9 Å². The van der Waals surface area contributed by atoms with Gasteiger partial charge in [0, 0.05) is 12.6 Å². The van der Waals surface area contributed by atoms with E-state index < -0.39 is 5.60 Å². The molecule has 0 saturated carbocycles. The molecule has 2 N–H and O–H groups in total. The van der Waals surface area contributed by atoms with Crippen molar-refractivity contribution in [1.29, 1.82) is 0 Å². The molecular formula is C14H21NOS. The van der Waals surface area contributed by atoms with E-state index in [1.54, 1.807) is 0 Å². The van der Waals surface area contributed by atoms with Gasteiger partial charge in [0.2, 0.25) is 0 Å². The summed E-state index contributed by atoms with van der Waals surface area (Å²) in [5.74, 6) is 2.48. The summed E-state index contributed by atoms with van der Waals surface area (Å²) in [5, 5.41) is 13.9. The van der Waals surface area contributed by atoms with Crippen LogP contribution in [0.25, 0.3) is 0 Å². The molecule has 1 aromatic rings. The number of rotatable bonds is 4. The Balaban J connectivity index is 1.88. The average Bonchev–Trinajstić information content (AvgIpc) is 2.39. The van der Waals surface area contributed by atoms with Crippen LogP contribution < -0.4 is 5.32 Å². The molecule has 3 heteroatoms. The molecule has 0 bridgehead atoms. The van der Waals surface area contributed by atoms with Crippen molar-refractivity contribution in [3.8, 4) is 0 Å². The van der Waals surface area contributed by atoms with Crippen LogP contribution in [-0.4, -0.2) is 29.2 Å². The van der Waals surface area contributed by atoms with Crippen LogP contribution in [0.3, 0.4) is 0 Å². The number of nitrogens with one attached hydrogen (secondary N) is 1. The lowest BCUT2D eigenvalue weighted by Crippen LogP contribution is -2.42. The Hall–Kier alpha value is -0.510. The van der Waals surface area contributed by atoms with Gasteiger partial charge in [-0.25, -0.2) is 0 Å². The van der Waals surface area contributed by atoms with Gasteiger partial charge >= 0.3 is 0 Å². The molecule has 94 valence electrons. The Labute approximate surface area is 108 Å². The maximum absolute atomic E-state index is 10.4. The molecule has 0 aliphatic carbocycles. The van der Waals surface area contributed by atoms with Gasteiger partial charge in [-0.1, -0.05) is 30.3 Å². The summed E-state index contributed by atoms with van der Waals surface area (Å²) in [4.78, 5) is 0. The largest absolute Gasteiger partial charge is 0.384 e. The van der Waals surface area contributed by atoms with E-state index in [0.29, 0.717) is 12.6 Å². The Bertz CT molecular complexity index is 333. The second kappa shape index (κ2) is 5.89. The Kier molecular flexibility index (Phi) is 4.48. The smallest absolute Gasteiger partial charge is 0.0992 e. The Morgan fingerprint density at radius 1 is 1.29 bits per heavy atom. The van der Waals surface area contributed by atoms with E-state index in [2.05, 4.69) is 5.32 Å². The second-order valence-electron chi connectivity index (χ2n) is 4.91. The van der Waals surface area contributed by atoms with E-state index in [4.69, 9.17) is 0 Å². The van der Waals surface area contributed by atoms with E-state index in [1.165, 1.54) is 24.3 Å². The van der Waals surface area contributed by atoms with Crippen LogP contribution >= 0.6 is 11.8 Å². The molecule has 1 aromatic carbocycles. The highest BCUT2D eigenvalue weighted by Gasteiger charge is 2.24. The van der Waals surface area contributed by atoms with Crippen LogP contribution in [-0.2, 0) is 5.60 Å². The van der Waals surface area contributed by atoms with E-state index >= 15 is 0 Å². The monoisotopic (exact) mass is 251 g/mol. The van der Waals surface area contributed by atoms with Crippen LogP contribution in [0.1, 0.15) is 25.3 Å². The Morgan fingerprint density at radius 2 is 1.94 bits per heavy atom. The SMILES string of the molecule is CC(O)(CNC1CCSCC1)c1ccccc1. The minimum absolute atomic E-state index is 0.575. The highest BCUT2D eigenvalue weighted by molar-refractivity contribution is 7.99. The van der Waals surface area contributed by atoms with Crippen molar-refractivity contribution in [2.75, 3.05) is 18.1 Å². The first-order valence-electron chi connectivity index (χ1n) is 6.27. The van der Waals surface area contributed by atoms with Crippen LogP contribution in [0.4, 0.5) is 0 Å². The zero-order valence-corrected chi connectivity index (χ0v) is 11.2. The van der Waals surface area contributed by atoms with Gasteiger partial charge < -0.3 is 10.4 Å². The van der Waals surface area contributed by atoms with Crippen molar-refractivity contribution in [2.45, 2.75) is 31.4 Å². The lowest BCUT2D eigenvalue weighted by atomic mass is 9.95. The number of hydrogen-bond acceptors (Lipinski definition) is 3. The molecule has 1 saturated heterocycles. The summed E-state index contributed by atoms with van der Waals surface area (Å²) in [6.07, 6.45) is 2.44. The zero-order chi connectivity index (χ0) is 12.1. The summed E-state index contributed by atoms with van der Waals surface area (Å²) in [5.41, 5.74) is 0.212. The number of benzene rings is 1. The Morgan fingerprint density at radius 3 is 2.59 bits per heavy atom. The third-order valence-electron chi connectivity index (χ3n) is 3.35. The molecular weight excluding hydrogens is 230 g/mol. The fourth-order valence-corrected chi connectivity index (χ4v) is 3.25. The minimum atomic E-state index is -0.772. The van der Waals surface area contributed by atoms with E-state index in [1.807, 2.05) is 49.0 Å².